The molecule has 2 fully saturated rings. The summed E-state index contributed by atoms with van der Waals surface area (Å²) in [7, 11) is 3.08. The maximum atomic E-state index is 13.3. The fourth-order valence-corrected chi connectivity index (χ4v) is 5.80. The van der Waals surface area contributed by atoms with E-state index in [1.54, 1.807) is 31.3 Å². The van der Waals surface area contributed by atoms with Gasteiger partial charge in [0.25, 0.3) is 11.5 Å². The quantitative estimate of drug-likeness (QED) is 0.341. The summed E-state index contributed by atoms with van der Waals surface area (Å²) in [6.07, 6.45) is 0.107. The average molecular weight is 562 g/mol. The molecule has 0 aliphatic carbocycles. The van der Waals surface area contributed by atoms with E-state index in [2.05, 4.69) is 4.90 Å². The summed E-state index contributed by atoms with van der Waals surface area (Å²) in [5.74, 6) is 0.0859. The zero-order valence-electron chi connectivity index (χ0n) is 22.2. The first-order valence-electron chi connectivity index (χ1n) is 13.1. The third-order valence-electron chi connectivity index (χ3n) is 7.74. The van der Waals surface area contributed by atoms with Crippen molar-refractivity contribution in [3.8, 4) is 0 Å². The van der Waals surface area contributed by atoms with Gasteiger partial charge in [-0.25, -0.2) is 9.69 Å². The van der Waals surface area contributed by atoms with Crippen LogP contribution < -0.4 is 21.0 Å². The second-order valence-electron chi connectivity index (χ2n) is 10.2. The molecule has 0 N–H and O–H groups in total. The molecule has 2 aliphatic heterocycles. The number of carbonyl (C=O) groups is 2. The highest BCUT2D eigenvalue weighted by atomic mass is 35.5. The molecule has 2 amide bonds. The lowest BCUT2D eigenvalue weighted by atomic mass is 10.1. The Kier molecular flexibility index (Phi) is 6.55. The van der Waals surface area contributed by atoms with Crippen molar-refractivity contribution in [3.63, 3.8) is 0 Å². The highest BCUT2D eigenvalue weighted by Gasteiger charge is 2.43. The summed E-state index contributed by atoms with van der Waals surface area (Å²) in [5.41, 5.74) is 1.32. The molecule has 0 bridgehead atoms. The third-order valence-corrected chi connectivity index (χ3v) is 7.97. The number of imidazole rings is 1. The lowest BCUT2D eigenvalue weighted by Gasteiger charge is -2.37. The second kappa shape index (κ2) is 10.1. The van der Waals surface area contributed by atoms with Crippen LogP contribution in [0, 0.1) is 0 Å². The Morgan fingerprint density at radius 1 is 0.900 bits per heavy atom. The van der Waals surface area contributed by atoms with E-state index in [1.165, 1.54) is 16.5 Å². The maximum Gasteiger partial charge on any atom is 0.332 e. The fraction of sp³-hybridized carbons (Fsp3) is 0.321. The van der Waals surface area contributed by atoms with Gasteiger partial charge in [-0.1, -0.05) is 48.0 Å². The molecule has 1 atom stereocenters. The van der Waals surface area contributed by atoms with E-state index in [0.717, 1.165) is 10.1 Å². The van der Waals surface area contributed by atoms with E-state index >= 15 is 0 Å². The van der Waals surface area contributed by atoms with Gasteiger partial charge in [0.2, 0.25) is 11.9 Å². The Morgan fingerprint density at radius 2 is 1.62 bits per heavy atom. The van der Waals surface area contributed by atoms with Gasteiger partial charge in [0, 0.05) is 45.3 Å². The molecule has 2 aliphatic rings. The average Bonchev–Trinajstić information content (AvgIpc) is 3.48. The number of anilines is 2. The molecule has 0 saturated carbocycles. The van der Waals surface area contributed by atoms with E-state index in [1.807, 2.05) is 39.8 Å². The zero-order chi connectivity index (χ0) is 28.1. The first kappa shape index (κ1) is 26.0. The minimum Gasteiger partial charge on any atom is -0.340 e. The van der Waals surface area contributed by atoms with Crippen LogP contribution in [0.15, 0.2) is 64.2 Å². The number of amides is 2. The Hall–Kier alpha value is -4.22. The number of aromatic nitrogens is 4. The van der Waals surface area contributed by atoms with Gasteiger partial charge < -0.3 is 4.90 Å². The molecular formula is C28H28ClN7O4. The molecular weight excluding hydrogens is 534 g/mol. The molecule has 206 valence electrons. The summed E-state index contributed by atoms with van der Waals surface area (Å²) in [5, 5.41) is 0.459. The topological polar surface area (TPSA) is 106 Å². The monoisotopic (exact) mass is 561 g/mol. The number of imide groups is 1. The van der Waals surface area contributed by atoms with Crippen LogP contribution in [0.3, 0.4) is 0 Å². The lowest BCUT2D eigenvalue weighted by Crippen LogP contribution is -2.53. The molecule has 2 aromatic carbocycles. The van der Waals surface area contributed by atoms with Gasteiger partial charge in [0.15, 0.2) is 11.2 Å². The maximum absolute atomic E-state index is 13.3. The third kappa shape index (κ3) is 4.31. The molecule has 1 unspecified atom stereocenters. The standard InChI is InChI=1S/C28H28ClN7O4/c1-31-24-23(26(39)32(2)28(31)40)35(17-18-7-4-3-5-8-18)27(30-24)34-13-11-33(12-14-34)21-16-22(37)36(25(21)38)20-10-6-9-19(29)15-20/h3-10,15,21H,11-14,16-17H2,1-2H3. The first-order chi connectivity index (χ1) is 19.2. The summed E-state index contributed by atoms with van der Waals surface area (Å²) in [6.45, 7) is 2.52. The molecule has 12 heteroatoms. The molecule has 0 spiro atoms. The molecule has 4 heterocycles. The summed E-state index contributed by atoms with van der Waals surface area (Å²) in [6, 6.07) is 16.0. The predicted molar refractivity (Wildman–Crippen MR) is 152 cm³/mol. The number of benzene rings is 2. The van der Waals surface area contributed by atoms with E-state index in [0.29, 0.717) is 60.5 Å². The van der Waals surface area contributed by atoms with Crippen LogP contribution in [0.4, 0.5) is 11.6 Å². The van der Waals surface area contributed by atoms with Gasteiger partial charge in [-0.3, -0.25) is 33.0 Å². The van der Waals surface area contributed by atoms with Crippen LogP contribution in [-0.2, 0) is 30.2 Å². The number of fused-ring (bicyclic) bond motifs is 1. The van der Waals surface area contributed by atoms with Crippen molar-refractivity contribution in [2.75, 3.05) is 36.0 Å². The van der Waals surface area contributed by atoms with Crippen LogP contribution in [0.5, 0.6) is 0 Å². The van der Waals surface area contributed by atoms with Crippen LogP contribution >= 0.6 is 11.6 Å². The minimum absolute atomic E-state index is 0.107. The van der Waals surface area contributed by atoms with Gasteiger partial charge >= 0.3 is 5.69 Å². The van der Waals surface area contributed by atoms with Gasteiger partial charge in [-0.05, 0) is 23.8 Å². The van der Waals surface area contributed by atoms with E-state index < -0.39 is 17.3 Å². The number of piperazine rings is 1. The van der Waals surface area contributed by atoms with Crippen LogP contribution in [-0.4, -0.2) is 67.6 Å². The minimum atomic E-state index is -0.551. The van der Waals surface area contributed by atoms with Gasteiger partial charge in [-0.15, -0.1) is 0 Å². The van der Waals surface area contributed by atoms with Crippen molar-refractivity contribution in [1.82, 2.24) is 23.6 Å². The van der Waals surface area contributed by atoms with Gasteiger partial charge in [0.05, 0.1) is 24.7 Å². The Balaban J connectivity index is 1.29. The van der Waals surface area contributed by atoms with Crippen LogP contribution in [0.1, 0.15) is 12.0 Å². The first-order valence-corrected chi connectivity index (χ1v) is 13.4. The van der Waals surface area contributed by atoms with Crippen molar-refractivity contribution in [2.24, 2.45) is 14.1 Å². The van der Waals surface area contributed by atoms with Gasteiger partial charge in [-0.2, -0.15) is 4.98 Å². The molecule has 40 heavy (non-hydrogen) atoms. The highest BCUT2D eigenvalue weighted by molar-refractivity contribution is 6.31. The number of hydrogen-bond acceptors (Lipinski definition) is 7. The van der Waals surface area contributed by atoms with Crippen molar-refractivity contribution >= 4 is 46.2 Å². The smallest absolute Gasteiger partial charge is 0.332 e. The van der Waals surface area contributed by atoms with E-state index in [9.17, 15) is 19.2 Å². The highest BCUT2D eigenvalue weighted by Crippen LogP contribution is 2.29. The van der Waals surface area contributed by atoms with Gasteiger partial charge in [0.1, 0.15) is 0 Å². The number of nitrogens with zero attached hydrogens (tertiary/aromatic N) is 7. The van der Waals surface area contributed by atoms with Crippen molar-refractivity contribution < 1.29 is 9.59 Å². The normalized spacial score (nSPS) is 18.3. The summed E-state index contributed by atoms with van der Waals surface area (Å²) < 4.78 is 4.36. The summed E-state index contributed by atoms with van der Waals surface area (Å²) in [4.78, 5) is 62.1. The van der Waals surface area contributed by atoms with Crippen molar-refractivity contribution in [3.05, 3.63) is 86.0 Å². The molecule has 11 nitrogen and oxygen atoms in total. The van der Waals surface area contributed by atoms with Crippen molar-refractivity contribution in [2.45, 2.75) is 19.0 Å². The zero-order valence-corrected chi connectivity index (χ0v) is 22.9. The number of carbonyl (C=O) groups excluding carboxylic acids is 2. The molecule has 4 aromatic rings. The Labute approximate surface area is 234 Å². The number of halogens is 1. The second-order valence-corrected chi connectivity index (χ2v) is 10.6. The van der Waals surface area contributed by atoms with E-state index in [4.69, 9.17) is 16.6 Å². The van der Waals surface area contributed by atoms with Crippen molar-refractivity contribution in [1.29, 1.82) is 0 Å². The summed E-state index contributed by atoms with van der Waals surface area (Å²) >= 11 is 6.10. The van der Waals surface area contributed by atoms with E-state index in [-0.39, 0.29) is 18.2 Å². The predicted octanol–water partition coefficient (Wildman–Crippen LogP) is 1.59. The van der Waals surface area contributed by atoms with Crippen LogP contribution in [0.25, 0.3) is 11.2 Å². The Bertz CT molecular complexity index is 1750. The number of rotatable bonds is 5. The SMILES string of the molecule is Cn1c(=O)c2c(nc(N3CCN(C4CC(=O)N(c5cccc(Cl)c5)C4=O)CC3)n2Cc2ccccc2)n(C)c1=O. The molecule has 0 radical (unpaired) electrons. The van der Waals surface area contributed by atoms with Crippen LogP contribution in [0.2, 0.25) is 5.02 Å². The fourth-order valence-electron chi connectivity index (χ4n) is 5.61. The number of hydrogen-bond donors (Lipinski definition) is 0. The lowest BCUT2D eigenvalue weighted by molar-refractivity contribution is -0.123. The molecule has 6 rings (SSSR count). The Morgan fingerprint density at radius 3 is 2.33 bits per heavy atom. The molecule has 2 aromatic heterocycles. The number of aryl methyl sites for hydroxylation is 1. The molecule has 2 saturated heterocycles. The largest absolute Gasteiger partial charge is 0.340 e.